The van der Waals surface area contributed by atoms with Crippen molar-refractivity contribution < 1.29 is 0 Å². The summed E-state index contributed by atoms with van der Waals surface area (Å²) in [6, 6.07) is 64.3. The molecule has 0 amide bonds. The van der Waals surface area contributed by atoms with Gasteiger partial charge in [-0.05, 0) is 98.1 Å². The fourth-order valence-electron chi connectivity index (χ4n) is 9.44. The summed E-state index contributed by atoms with van der Waals surface area (Å²) in [6.07, 6.45) is 3.68. The minimum absolute atomic E-state index is 0.632. The summed E-state index contributed by atoms with van der Waals surface area (Å²) < 4.78 is 2.62. The lowest BCUT2D eigenvalue weighted by Gasteiger charge is -2.35. The van der Waals surface area contributed by atoms with Gasteiger partial charge in [-0.15, -0.1) is 11.3 Å². The molecule has 10 aromatic rings. The van der Waals surface area contributed by atoms with E-state index in [-0.39, 0.29) is 0 Å². The van der Waals surface area contributed by atoms with Crippen LogP contribution in [0.1, 0.15) is 22.3 Å². The molecule has 0 aliphatic heterocycles. The van der Waals surface area contributed by atoms with Gasteiger partial charge in [0.05, 0.1) is 16.8 Å². The molecule has 7 aromatic carbocycles. The standard InChI is InChI=1S/C52H31N3S/c1-2-13-32(14-3-1)47-30-48(34-15-12-26-53-31-34)55-51(54-47)33-24-25-39-36-17-5-4-16-35(36)37-18-6-9-21-43(37)52(45(39)27-33)44-22-10-7-19-38(44)41-29-50-42(28-46(41)52)40-20-8-11-23-49(40)56-50/h1-31H. The molecule has 0 radical (unpaired) electrons. The number of nitrogens with zero attached hydrogens (tertiary/aromatic N) is 3. The zero-order valence-corrected chi connectivity index (χ0v) is 31.0. The van der Waals surface area contributed by atoms with Crippen LogP contribution >= 0.6 is 11.3 Å². The van der Waals surface area contributed by atoms with Crippen LogP contribution in [0.15, 0.2) is 188 Å². The van der Waals surface area contributed by atoms with Crippen molar-refractivity contribution in [2.75, 3.05) is 0 Å². The molecular weight excluding hydrogens is 699 g/mol. The Hall–Kier alpha value is -7.01. The first-order chi connectivity index (χ1) is 27.8. The van der Waals surface area contributed by atoms with Crippen LogP contribution in [-0.4, -0.2) is 15.0 Å². The van der Waals surface area contributed by atoms with Crippen LogP contribution in [0, 0.1) is 0 Å². The highest BCUT2D eigenvalue weighted by Crippen LogP contribution is 2.62. The number of aromatic nitrogens is 3. The van der Waals surface area contributed by atoms with Crippen LogP contribution in [0.25, 0.3) is 87.5 Å². The average molecular weight is 730 g/mol. The average Bonchev–Trinajstić information content (AvgIpc) is 3.75. The van der Waals surface area contributed by atoms with Gasteiger partial charge in [0, 0.05) is 49.3 Å². The molecule has 0 bridgehead atoms. The second kappa shape index (κ2) is 12.0. The molecule has 56 heavy (non-hydrogen) atoms. The second-order valence-electron chi connectivity index (χ2n) is 14.7. The summed E-state index contributed by atoms with van der Waals surface area (Å²) >= 11 is 1.88. The summed E-state index contributed by atoms with van der Waals surface area (Å²) in [5.74, 6) is 0.680. The molecule has 2 aliphatic carbocycles. The summed E-state index contributed by atoms with van der Waals surface area (Å²) in [5, 5.41) is 2.60. The van der Waals surface area contributed by atoms with E-state index < -0.39 is 5.41 Å². The predicted octanol–water partition coefficient (Wildman–Crippen LogP) is 13.3. The lowest BCUT2D eigenvalue weighted by atomic mass is 9.65. The fourth-order valence-corrected chi connectivity index (χ4v) is 10.6. The minimum Gasteiger partial charge on any atom is -0.264 e. The van der Waals surface area contributed by atoms with E-state index in [1.54, 1.807) is 6.20 Å². The Labute approximate surface area is 328 Å². The van der Waals surface area contributed by atoms with Gasteiger partial charge in [0.25, 0.3) is 0 Å². The van der Waals surface area contributed by atoms with Crippen LogP contribution in [0.5, 0.6) is 0 Å². The van der Waals surface area contributed by atoms with E-state index in [0.29, 0.717) is 5.82 Å². The Bertz CT molecular complexity index is 3140. The minimum atomic E-state index is -0.632. The zero-order valence-electron chi connectivity index (χ0n) is 30.1. The van der Waals surface area contributed by atoms with Crippen molar-refractivity contribution in [2.24, 2.45) is 0 Å². The number of rotatable bonds is 3. The van der Waals surface area contributed by atoms with Gasteiger partial charge < -0.3 is 0 Å². The molecule has 1 spiro atoms. The monoisotopic (exact) mass is 729 g/mol. The van der Waals surface area contributed by atoms with Crippen LogP contribution in [-0.2, 0) is 5.41 Å². The Balaban J connectivity index is 1.22. The van der Waals surface area contributed by atoms with Crippen LogP contribution in [0.3, 0.4) is 0 Å². The zero-order chi connectivity index (χ0) is 36.8. The highest BCUT2D eigenvalue weighted by molar-refractivity contribution is 7.25. The van der Waals surface area contributed by atoms with Crippen LogP contribution in [0.2, 0.25) is 0 Å². The molecule has 1 unspecified atom stereocenters. The van der Waals surface area contributed by atoms with Crippen LogP contribution in [0.4, 0.5) is 0 Å². The second-order valence-corrected chi connectivity index (χ2v) is 15.8. The van der Waals surface area contributed by atoms with E-state index in [1.165, 1.54) is 75.8 Å². The summed E-state index contributed by atoms with van der Waals surface area (Å²) in [6.45, 7) is 0. The number of pyridine rings is 1. The first-order valence-corrected chi connectivity index (χ1v) is 19.8. The predicted molar refractivity (Wildman–Crippen MR) is 231 cm³/mol. The first kappa shape index (κ1) is 31.4. The molecule has 260 valence electrons. The van der Waals surface area contributed by atoms with Gasteiger partial charge in [-0.1, -0.05) is 133 Å². The van der Waals surface area contributed by atoms with Gasteiger partial charge in [-0.25, -0.2) is 9.97 Å². The summed E-state index contributed by atoms with van der Waals surface area (Å²) in [5.41, 5.74) is 16.7. The number of hydrogen-bond donors (Lipinski definition) is 0. The SMILES string of the molecule is c1ccc(-c2cc(-c3cccnc3)nc(-c3ccc4c(c3)C3(c5ccccc5-c5ccccc5-4)c4ccccc4-c4cc5sc6ccccc6c5cc43)n2)cc1. The van der Waals surface area contributed by atoms with Crippen molar-refractivity contribution in [3.8, 4) is 67.3 Å². The van der Waals surface area contributed by atoms with Gasteiger partial charge in [0.1, 0.15) is 0 Å². The molecule has 1 atom stereocenters. The van der Waals surface area contributed by atoms with Crippen LogP contribution < -0.4 is 0 Å². The maximum Gasteiger partial charge on any atom is 0.160 e. The summed E-state index contributed by atoms with van der Waals surface area (Å²) in [4.78, 5) is 15.0. The van der Waals surface area contributed by atoms with Gasteiger partial charge in [-0.3, -0.25) is 4.98 Å². The molecule has 3 nitrogen and oxygen atoms in total. The van der Waals surface area contributed by atoms with Gasteiger partial charge in [-0.2, -0.15) is 0 Å². The van der Waals surface area contributed by atoms with E-state index in [1.807, 2.05) is 29.7 Å². The molecule has 0 N–H and O–H groups in total. The van der Waals surface area contributed by atoms with Gasteiger partial charge in [0.2, 0.25) is 0 Å². The molecule has 4 heteroatoms. The number of thiophene rings is 1. The molecule has 0 saturated heterocycles. The van der Waals surface area contributed by atoms with Gasteiger partial charge in [0.15, 0.2) is 5.82 Å². The molecule has 12 rings (SSSR count). The van der Waals surface area contributed by atoms with Crippen molar-refractivity contribution in [2.45, 2.75) is 5.41 Å². The maximum absolute atomic E-state index is 5.30. The van der Waals surface area contributed by atoms with E-state index >= 15 is 0 Å². The quantitative estimate of drug-likeness (QED) is 0.182. The van der Waals surface area contributed by atoms with E-state index in [0.717, 1.165) is 28.1 Å². The number of fused-ring (bicyclic) bond motifs is 15. The van der Waals surface area contributed by atoms with Gasteiger partial charge >= 0.3 is 0 Å². The largest absolute Gasteiger partial charge is 0.264 e. The number of hydrogen-bond acceptors (Lipinski definition) is 4. The highest BCUT2D eigenvalue weighted by Gasteiger charge is 2.50. The molecule has 0 saturated carbocycles. The lowest BCUT2D eigenvalue weighted by molar-refractivity contribution is 0.777. The van der Waals surface area contributed by atoms with Crippen molar-refractivity contribution >= 4 is 31.5 Å². The maximum atomic E-state index is 5.30. The fraction of sp³-hybridized carbons (Fsp3) is 0.0192. The molecule has 2 aliphatic rings. The molecule has 3 aromatic heterocycles. The molecule has 3 heterocycles. The summed E-state index contributed by atoms with van der Waals surface area (Å²) in [7, 11) is 0. The Morgan fingerprint density at radius 2 is 0.982 bits per heavy atom. The normalized spacial score (nSPS) is 14.9. The smallest absolute Gasteiger partial charge is 0.160 e. The van der Waals surface area contributed by atoms with E-state index in [2.05, 4.69) is 169 Å². The lowest BCUT2D eigenvalue weighted by Crippen LogP contribution is -2.29. The topological polar surface area (TPSA) is 38.7 Å². The third-order valence-corrected chi connectivity index (χ3v) is 12.9. The third-order valence-electron chi connectivity index (χ3n) is 11.8. The third kappa shape index (κ3) is 4.42. The van der Waals surface area contributed by atoms with Crippen molar-refractivity contribution in [3.05, 3.63) is 211 Å². The van der Waals surface area contributed by atoms with E-state index in [9.17, 15) is 0 Å². The highest BCUT2D eigenvalue weighted by atomic mass is 32.1. The van der Waals surface area contributed by atoms with E-state index in [4.69, 9.17) is 9.97 Å². The van der Waals surface area contributed by atoms with Crippen molar-refractivity contribution in [3.63, 3.8) is 0 Å². The Morgan fingerprint density at radius 3 is 1.73 bits per heavy atom. The molecule has 0 fully saturated rings. The van der Waals surface area contributed by atoms with Crippen molar-refractivity contribution in [1.82, 2.24) is 15.0 Å². The Morgan fingerprint density at radius 1 is 0.375 bits per heavy atom. The van der Waals surface area contributed by atoms with Crippen molar-refractivity contribution in [1.29, 1.82) is 0 Å². The Kier molecular flexibility index (Phi) is 6.72. The first-order valence-electron chi connectivity index (χ1n) is 19.0. The molecular formula is C52H31N3S. The number of benzene rings is 7.